The quantitative estimate of drug-likeness (QED) is 0.694. The minimum absolute atomic E-state index is 0.0601. The predicted molar refractivity (Wildman–Crippen MR) is 110 cm³/mol. The van der Waals surface area contributed by atoms with Gasteiger partial charge in [0.25, 0.3) is 0 Å². The Morgan fingerprint density at radius 3 is 2.79 bits per heavy atom. The predicted octanol–water partition coefficient (Wildman–Crippen LogP) is 4.34. The van der Waals surface area contributed by atoms with Crippen LogP contribution in [0.5, 0.6) is 11.5 Å². The van der Waals surface area contributed by atoms with Gasteiger partial charge in [0.1, 0.15) is 0 Å². The van der Waals surface area contributed by atoms with Crippen LogP contribution in [-0.2, 0) is 11.8 Å². The Labute approximate surface area is 165 Å². The molecule has 2 aromatic carbocycles. The van der Waals surface area contributed by atoms with E-state index in [1.165, 1.54) is 5.39 Å². The molecule has 3 aromatic rings. The summed E-state index contributed by atoms with van der Waals surface area (Å²) in [4.78, 5) is 12.8. The number of rotatable bonds is 6. The number of aromatic nitrogens is 1. The second-order valence-corrected chi connectivity index (χ2v) is 7.46. The van der Waals surface area contributed by atoms with E-state index < -0.39 is 0 Å². The lowest BCUT2D eigenvalue weighted by molar-refractivity contribution is -0.121. The van der Waals surface area contributed by atoms with Crippen molar-refractivity contribution < 1.29 is 14.3 Å². The van der Waals surface area contributed by atoms with Crippen LogP contribution in [0.25, 0.3) is 10.9 Å². The first-order valence-electron chi connectivity index (χ1n) is 9.79. The van der Waals surface area contributed by atoms with Gasteiger partial charge in [0, 0.05) is 42.5 Å². The summed E-state index contributed by atoms with van der Waals surface area (Å²) < 4.78 is 13.2. The first-order valence-corrected chi connectivity index (χ1v) is 9.79. The summed E-state index contributed by atoms with van der Waals surface area (Å²) in [7, 11) is 2.04. The maximum absolute atomic E-state index is 12.8. The monoisotopic (exact) mass is 378 g/mol. The van der Waals surface area contributed by atoms with Gasteiger partial charge in [0.05, 0.1) is 0 Å². The lowest BCUT2D eigenvalue weighted by Gasteiger charge is -2.19. The fraction of sp³-hybridized carbons (Fsp3) is 0.348. The normalized spacial score (nSPS) is 14.8. The molecule has 146 valence electrons. The molecule has 1 aliphatic heterocycles. The zero-order valence-corrected chi connectivity index (χ0v) is 16.6. The van der Waals surface area contributed by atoms with E-state index in [1.54, 1.807) is 0 Å². The Morgan fingerprint density at radius 1 is 1.18 bits per heavy atom. The SMILES string of the molecule is CCC(C)NC(=O)CC(c1ccc2c(c1)OCO2)c1cn(C)c2ccccc12. The first kappa shape index (κ1) is 18.4. The number of hydrogen-bond donors (Lipinski definition) is 1. The van der Waals surface area contributed by atoms with Crippen molar-refractivity contribution >= 4 is 16.8 Å². The second-order valence-electron chi connectivity index (χ2n) is 7.46. The van der Waals surface area contributed by atoms with Crippen molar-refractivity contribution in [3.05, 3.63) is 59.8 Å². The van der Waals surface area contributed by atoms with Crippen molar-refractivity contribution in [2.45, 2.75) is 38.6 Å². The average molecular weight is 378 g/mol. The molecular weight excluding hydrogens is 352 g/mol. The van der Waals surface area contributed by atoms with Crippen molar-refractivity contribution in [1.29, 1.82) is 0 Å². The Kier molecular flexibility index (Phi) is 4.99. The zero-order chi connectivity index (χ0) is 19.7. The fourth-order valence-corrected chi connectivity index (χ4v) is 3.81. The third-order valence-electron chi connectivity index (χ3n) is 5.51. The minimum atomic E-state index is -0.0651. The van der Waals surface area contributed by atoms with E-state index in [0.717, 1.165) is 34.6 Å². The van der Waals surface area contributed by atoms with Crippen molar-refractivity contribution in [1.82, 2.24) is 9.88 Å². The third kappa shape index (κ3) is 3.44. The van der Waals surface area contributed by atoms with Gasteiger partial charge in [-0.25, -0.2) is 0 Å². The lowest BCUT2D eigenvalue weighted by atomic mass is 9.87. The average Bonchev–Trinajstić information content (AvgIpc) is 3.30. The van der Waals surface area contributed by atoms with Crippen LogP contribution in [-0.4, -0.2) is 23.3 Å². The van der Waals surface area contributed by atoms with Gasteiger partial charge in [-0.2, -0.15) is 0 Å². The molecule has 0 bridgehead atoms. The highest BCUT2D eigenvalue weighted by Crippen LogP contribution is 2.39. The number of benzene rings is 2. The van der Waals surface area contributed by atoms with Gasteiger partial charge in [-0.1, -0.05) is 31.2 Å². The summed E-state index contributed by atoms with van der Waals surface area (Å²) in [6.45, 7) is 4.35. The molecule has 5 heteroatoms. The van der Waals surface area contributed by atoms with E-state index >= 15 is 0 Å². The number of para-hydroxylation sites is 1. The lowest BCUT2D eigenvalue weighted by Crippen LogP contribution is -2.33. The Bertz CT molecular complexity index is 1010. The van der Waals surface area contributed by atoms with E-state index in [9.17, 15) is 4.79 Å². The summed E-state index contributed by atoms with van der Waals surface area (Å²) in [6, 6.07) is 14.5. The highest BCUT2D eigenvalue weighted by Gasteiger charge is 2.25. The van der Waals surface area contributed by atoms with Gasteiger partial charge in [0.15, 0.2) is 11.5 Å². The molecule has 2 heterocycles. The molecule has 0 fully saturated rings. The smallest absolute Gasteiger partial charge is 0.231 e. The van der Waals surface area contributed by atoms with E-state index in [4.69, 9.17) is 9.47 Å². The third-order valence-corrected chi connectivity index (χ3v) is 5.51. The number of ether oxygens (including phenoxy) is 2. The summed E-state index contributed by atoms with van der Waals surface area (Å²) in [6.07, 6.45) is 3.43. The number of aryl methyl sites for hydroxylation is 1. The molecule has 0 radical (unpaired) electrons. The number of carbonyl (C=O) groups excluding carboxylic acids is 1. The van der Waals surface area contributed by atoms with Gasteiger partial charge in [-0.05, 0) is 42.7 Å². The van der Waals surface area contributed by atoms with Crippen LogP contribution in [0.2, 0.25) is 0 Å². The van der Waals surface area contributed by atoms with Crippen LogP contribution in [0.1, 0.15) is 43.7 Å². The van der Waals surface area contributed by atoms with Crippen LogP contribution in [0.3, 0.4) is 0 Å². The molecular formula is C23H26N2O3. The second kappa shape index (κ2) is 7.58. The molecule has 2 atom stereocenters. The van der Waals surface area contributed by atoms with E-state index in [-0.39, 0.29) is 24.7 Å². The first-order chi connectivity index (χ1) is 13.6. The summed E-state index contributed by atoms with van der Waals surface area (Å²) >= 11 is 0. The van der Waals surface area contributed by atoms with Crippen LogP contribution in [0.4, 0.5) is 0 Å². The Morgan fingerprint density at radius 2 is 1.96 bits per heavy atom. The van der Waals surface area contributed by atoms with Gasteiger partial charge >= 0.3 is 0 Å². The van der Waals surface area contributed by atoms with Gasteiger partial charge in [-0.15, -0.1) is 0 Å². The largest absolute Gasteiger partial charge is 0.454 e. The minimum Gasteiger partial charge on any atom is -0.454 e. The number of nitrogens with one attached hydrogen (secondary N) is 1. The molecule has 1 amide bonds. The van der Waals surface area contributed by atoms with Gasteiger partial charge in [-0.3, -0.25) is 4.79 Å². The number of carbonyl (C=O) groups is 1. The summed E-state index contributed by atoms with van der Waals surface area (Å²) in [5.74, 6) is 1.49. The fourth-order valence-electron chi connectivity index (χ4n) is 3.81. The Hall–Kier alpha value is -2.95. The zero-order valence-electron chi connectivity index (χ0n) is 16.6. The molecule has 28 heavy (non-hydrogen) atoms. The van der Waals surface area contributed by atoms with Crippen LogP contribution in [0, 0.1) is 0 Å². The van der Waals surface area contributed by atoms with Crippen molar-refractivity contribution in [3.63, 3.8) is 0 Å². The van der Waals surface area contributed by atoms with Crippen molar-refractivity contribution in [2.75, 3.05) is 6.79 Å². The van der Waals surface area contributed by atoms with E-state index in [0.29, 0.717) is 6.42 Å². The summed E-state index contributed by atoms with van der Waals surface area (Å²) in [5, 5.41) is 4.28. The van der Waals surface area contributed by atoms with Crippen LogP contribution >= 0.6 is 0 Å². The van der Waals surface area contributed by atoms with E-state index in [1.807, 2.05) is 44.3 Å². The molecule has 0 aliphatic carbocycles. The number of hydrogen-bond acceptors (Lipinski definition) is 3. The van der Waals surface area contributed by atoms with Gasteiger partial charge < -0.3 is 19.4 Å². The maximum atomic E-state index is 12.8. The van der Waals surface area contributed by atoms with Crippen molar-refractivity contribution in [2.24, 2.45) is 7.05 Å². The molecule has 0 saturated carbocycles. The molecule has 2 unspecified atom stereocenters. The number of nitrogens with zero attached hydrogens (tertiary/aromatic N) is 1. The van der Waals surface area contributed by atoms with Crippen LogP contribution in [0.15, 0.2) is 48.7 Å². The molecule has 1 aromatic heterocycles. The number of fused-ring (bicyclic) bond motifs is 2. The standard InChI is InChI=1S/C23H26N2O3/c1-4-15(2)24-23(26)12-18(16-9-10-21-22(11-16)28-14-27-21)19-13-25(3)20-8-6-5-7-17(19)20/h5-11,13,15,18H,4,12,14H2,1-3H3,(H,24,26). The molecule has 5 nitrogen and oxygen atoms in total. The van der Waals surface area contributed by atoms with Crippen LogP contribution < -0.4 is 14.8 Å². The topological polar surface area (TPSA) is 52.5 Å². The molecule has 4 rings (SSSR count). The highest BCUT2D eigenvalue weighted by atomic mass is 16.7. The van der Waals surface area contributed by atoms with Gasteiger partial charge in [0.2, 0.25) is 12.7 Å². The van der Waals surface area contributed by atoms with E-state index in [2.05, 4.69) is 35.1 Å². The number of amides is 1. The molecule has 1 aliphatic rings. The maximum Gasteiger partial charge on any atom is 0.231 e. The molecule has 0 spiro atoms. The highest BCUT2D eigenvalue weighted by molar-refractivity contribution is 5.86. The van der Waals surface area contributed by atoms with Crippen molar-refractivity contribution in [3.8, 4) is 11.5 Å². The molecule has 0 saturated heterocycles. The Balaban J connectivity index is 1.76. The molecule has 1 N–H and O–H groups in total. The summed E-state index contributed by atoms with van der Waals surface area (Å²) in [5.41, 5.74) is 3.36.